The van der Waals surface area contributed by atoms with Gasteiger partial charge >= 0.3 is 0 Å². The highest BCUT2D eigenvalue weighted by atomic mass is 32.1. The van der Waals surface area contributed by atoms with Crippen LogP contribution >= 0.6 is 11.3 Å². The van der Waals surface area contributed by atoms with Crippen molar-refractivity contribution in [3.05, 3.63) is 28.5 Å². The zero-order chi connectivity index (χ0) is 15.0. The average Bonchev–Trinajstić information content (AvgIpc) is 3.05. The summed E-state index contributed by atoms with van der Waals surface area (Å²) in [5.41, 5.74) is 0.757. The zero-order valence-corrected chi connectivity index (χ0v) is 13.2. The van der Waals surface area contributed by atoms with E-state index < -0.39 is 0 Å². The Balaban J connectivity index is 1.88. The molecule has 1 amide bonds. The summed E-state index contributed by atoms with van der Waals surface area (Å²) in [5.74, 6) is 1.59. The van der Waals surface area contributed by atoms with Crippen LogP contribution in [0.2, 0.25) is 0 Å². The summed E-state index contributed by atoms with van der Waals surface area (Å²) in [6, 6.07) is 3.89. The molecular formula is C15H18N2O3S. The van der Waals surface area contributed by atoms with Gasteiger partial charge in [0.1, 0.15) is 10.6 Å². The molecule has 1 aliphatic rings. The quantitative estimate of drug-likeness (QED) is 0.856. The molecule has 0 unspecified atom stereocenters. The van der Waals surface area contributed by atoms with Gasteiger partial charge in [-0.3, -0.25) is 4.79 Å². The molecule has 0 saturated carbocycles. The number of hydrogen-bond donors (Lipinski definition) is 0. The van der Waals surface area contributed by atoms with Crippen molar-refractivity contribution in [3.63, 3.8) is 0 Å². The molecule has 1 aliphatic heterocycles. The smallest absolute Gasteiger partial charge is 0.266 e. The van der Waals surface area contributed by atoms with Crippen molar-refractivity contribution in [2.24, 2.45) is 0 Å². The maximum atomic E-state index is 12.7. The van der Waals surface area contributed by atoms with Crippen LogP contribution in [-0.2, 0) is 4.74 Å². The van der Waals surface area contributed by atoms with Crippen molar-refractivity contribution in [3.8, 4) is 10.8 Å². The minimum absolute atomic E-state index is 0.0373. The van der Waals surface area contributed by atoms with E-state index in [0.717, 1.165) is 22.2 Å². The second-order valence-electron chi connectivity index (χ2n) is 5.27. The number of ether oxygens (including phenoxy) is 1. The number of morpholine rings is 1. The number of nitrogens with zero attached hydrogens (tertiary/aromatic N) is 2. The summed E-state index contributed by atoms with van der Waals surface area (Å²) in [7, 11) is 0. The Hall–Kier alpha value is -1.66. The first kappa shape index (κ1) is 14.3. The first-order chi connectivity index (χ1) is 10.1. The lowest BCUT2D eigenvalue weighted by Crippen LogP contribution is -2.47. The van der Waals surface area contributed by atoms with Crippen molar-refractivity contribution < 1.29 is 13.9 Å². The van der Waals surface area contributed by atoms with Crippen molar-refractivity contribution in [2.75, 3.05) is 19.8 Å². The van der Waals surface area contributed by atoms with Crippen molar-refractivity contribution in [1.82, 2.24) is 9.88 Å². The van der Waals surface area contributed by atoms with Gasteiger partial charge in [0.2, 0.25) is 0 Å². The largest absolute Gasteiger partial charge is 0.459 e. The predicted molar refractivity (Wildman–Crippen MR) is 80.6 cm³/mol. The Labute approximate surface area is 127 Å². The van der Waals surface area contributed by atoms with Gasteiger partial charge in [-0.2, -0.15) is 0 Å². The van der Waals surface area contributed by atoms with Gasteiger partial charge in [-0.1, -0.05) is 0 Å². The van der Waals surface area contributed by atoms with Gasteiger partial charge < -0.3 is 14.1 Å². The van der Waals surface area contributed by atoms with E-state index in [0.29, 0.717) is 24.6 Å². The van der Waals surface area contributed by atoms with Gasteiger partial charge in [0.15, 0.2) is 10.8 Å². The summed E-state index contributed by atoms with van der Waals surface area (Å²) < 4.78 is 11.0. The highest BCUT2D eigenvalue weighted by Crippen LogP contribution is 2.30. The summed E-state index contributed by atoms with van der Waals surface area (Å²) in [6.45, 7) is 7.59. The molecule has 112 valence electrons. The molecule has 0 radical (unpaired) electrons. The second kappa shape index (κ2) is 5.61. The number of carbonyl (C=O) groups excluding carboxylic acids is 1. The Morgan fingerprint density at radius 1 is 1.43 bits per heavy atom. The first-order valence-corrected chi connectivity index (χ1v) is 7.81. The van der Waals surface area contributed by atoms with Crippen molar-refractivity contribution >= 4 is 17.2 Å². The minimum Gasteiger partial charge on any atom is -0.459 e. The van der Waals surface area contributed by atoms with Crippen LogP contribution in [0.15, 0.2) is 16.5 Å². The lowest BCUT2D eigenvalue weighted by atomic mass is 10.2. The van der Waals surface area contributed by atoms with Crippen LogP contribution in [0.3, 0.4) is 0 Å². The number of carbonyl (C=O) groups is 1. The summed E-state index contributed by atoms with van der Waals surface area (Å²) >= 11 is 1.39. The van der Waals surface area contributed by atoms with Gasteiger partial charge in [-0.15, -0.1) is 11.3 Å². The van der Waals surface area contributed by atoms with Gasteiger partial charge in [-0.25, -0.2) is 4.98 Å². The zero-order valence-electron chi connectivity index (χ0n) is 12.4. The van der Waals surface area contributed by atoms with Crippen molar-refractivity contribution in [2.45, 2.75) is 26.8 Å². The SMILES string of the molecule is Cc1ccc(-c2nc(C)c(C(=O)N3CCOC[C@H]3C)s2)o1. The van der Waals surface area contributed by atoms with E-state index in [1.807, 2.05) is 37.8 Å². The van der Waals surface area contributed by atoms with Gasteiger partial charge in [0.25, 0.3) is 5.91 Å². The first-order valence-electron chi connectivity index (χ1n) is 6.99. The third-order valence-electron chi connectivity index (χ3n) is 3.57. The van der Waals surface area contributed by atoms with Crippen LogP contribution in [0.25, 0.3) is 10.8 Å². The fourth-order valence-electron chi connectivity index (χ4n) is 2.41. The minimum atomic E-state index is 0.0373. The van der Waals surface area contributed by atoms with E-state index in [1.54, 1.807) is 0 Å². The molecule has 3 rings (SSSR count). The lowest BCUT2D eigenvalue weighted by molar-refractivity contribution is 0.00381. The van der Waals surface area contributed by atoms with Crippen LogP contribution in [-0.4, -0.2) is 41.6 Å². The molecule has 2 aromatic rings. The van der Waals surface area contributed by atoms with Gasteiger partial charge in [0, 0.05) is 6.54 Å². The number of furan rings is 1. The average molecular weight is 306 g/mol. The van der Waals surface area contributed by atoms with Crippen LogP contribution in [0.4, 0.5) is 0 Å². The molecule has 5 nitrogen and oxygen atoms in total. The number of aromatic nitrogens is 1. The van der Waals surface area contributed by atoms with E-state index in [4.69, 9.17) is 9.15 Å². The van der Waals surface area contributed by atoms with Crippen LogP contribution < -0.4 is 0 Å². The summed E-state index contributed by atoms with van der Waals surface area (Å²) in [5, 5.41) is 0.755. The molecule has 2 aromatic heterocycles. The number of thiazole rings is 1. The Morgan fingerprint density at radius 3 is 2.90 bits per heavy atom. The highest BCUT2D eigenvalue weighted by Gasteiger charge is 2.28. The van der Waals surface area contributed by atoms with Gasteiger partial charge in [0.05, 0.1) is 24.9 Å². The topological polar surface area (TPSA) is 55.6 Å². The Kier molecular flexibility index (Phi) is 3.82. The second-order valence-corrected chi connectivity index (χ2v) is 6.27. The summed E-state index contributed by atoms with van der Waals surface area (Å²) in [6.07, 6.45) is 0. The normalized spacial score (nSPS) is 19.0. The van der Waals surface area contributed by atoms with E-state index in [2.05, 4.69) is 4.98 Å². The lowest BCUT2D eigenvalue weighted by Gasteiger charge is -2.33. The summed E-state index contributed by atoms with van der Waals surface area (Å²) in [4.78, 5) is 19.7. The fourth-order valence-corrected chi connectivity index (χ4v) is 3.39. The van der Waals surface area contributed by atoms with Crippen molar-refractivity contribution in [1.29, 1.82) is 0 Å². The standard InChI is InChI=1S/C15H18N2O3S/c1-9-8-19-7-6-17(9)15(18)13-11(3)16-14(21-13)12-5-4-10(2)20-12/h4-5,9H,6-8H2,1-3H3/t9-/m1/s1. The molecule has 0 bridgehead atoms. The Morgan fingerprint density at radius 2 is 2.24 bits per heavy atom. The van der Waals surface area contributed by atoms with E-state index >= 15 is 0 Å². The molecular weight excluding hydrogens is 288 g/mol. The molecule has 0 aromatic carbocycles. The van der Waals surface area contributed by atoms with Crippen LogP contribution in [0.5, 0.6) is 0 Å². The van der Waals surface area contributed by atoms with Gasteiger partial charge in [-0.05, 0) is 32.9 Å². The molecule has 0 spiro atoms. The monoisotopic (exact) mass is 306 g/mol. The number of hydrogen-bond acceptors (Lipinski definition) is 5. The molecule has 0 N–H and O–H groups in total. The molecule has 1 saturated heterocycles. The van der Waals surface area contributed by atoms with E-state index in [-0.39, 0.29) is 11.9 Å². The molecule has 3 heterocycles. The molecule has 0 aliphatic carbocycles. The third kappa shape index (κ3) is 2.73. The van der Waals surface area contributed by atoms with E-state index in [9.17, 15) is 4.79 Å². The fraction of sp³-hybridized carbons (Fsp3) is 0.467. The molecule has 1 fully saturated rings. The molecule has 1 atom stereocenters. The van der Waals surface area contributed by atoms with Crippen LogP contribution in [0, 0.1) is 13.8 Å². The molecule has 21 heavy (non-hydrogen) atoms. The highest BCUT2D eigenvalue weighted by molar-refractivity contribution is 7.17. The van der Waals surface area contributed by atoms with E-state index in [1.165, 1.54) is 11.3 Å². The third-order valence-corrected chi connectivity index (χ3v) is 4.73. The number of rotatable bonds is 2. The maximum absolute atomic E-state index is 12.7. The van der Waals surface area contributed by atoms with Crippen LogP contribution in [0.1, 0.15) is 28.0 Å². The Bertz CT molecular complexity index is 662. The number of amides is 1. The molecule has 6 heteroatoms. The predicted octanol–water partition coefficient (Wildman–Crippen LogP) is 2.88. The maximum Gasteiger partial charge on any atom is 0.266 e. The number of aryl methyl sites for hydroxylation is 2.